The van der Waals surface area contributed by atoms with Crippen LogP contribution in [0.15, 0.2) is 12.2 Å². The van der Waals surface area contributed by atoms with Crippen molar-refractivity contribution in [2.75, 3.05) is 32.7 Å². The third kappa shape index (κ3) is 28.0. The van der Waals surface area contributed by atoms with Crippen molar-refractivity contribution in [3.8, 4) is 0 Å². The summed E-state index contributed by atoms with van der Waals surface area (Å²) in [6.07, 6.45) is 24.0. The van der Waals surface area contributed by atoms with Crippen molar-refractivity contribution in [3.05, 3.63) is 12.2 Å². The fourth-order valence-corrected chi connectivity index (χ4v) is 4.18. The summed E-state index contributed by atoms with van der Waals surface area (Å²) in [6.45, 7) is 16.1. The molecule has 0 aliphatic heterocycles. The minimum atomic E-state index is 0.210. The van der Waals surface area contributed by atoms with Gasteiger partial charge in [-0.3, -0.25) is 0 Å². The lowest BCUT2D eigenvalue weighted by Crippen LogP contribution is -2.47. The van der Waals surface area contributed by atoms with Crippen LogP contribution < -0.4 is 27.0 Å². The molecule has 0 heterocycles. The molecule has 0 radical (unpaired) electrons. The van der Waals surface area contributed by atoms with Gasteiger partial charge < -0.3 is 27.0 Å². The topological polar surface area (TPSA) is 74.1 Å². The van der Waals surface area contributed by atoms with Crippen molar-refractivity contribution in [2.45, 2.75) is 149 Å². The summed E-state index contributed by atoms with van der Waals surface area (Å²) in [4.78, 5) is 0. The normalized spacial score (nSPS) is 15.5. The summed E-state index contributed by atoms with van der Waals surface area (Å²) < 4.78 is 0. The van der Waals surface area contributed by atoms with E-state index in [1.54, 1.807) is 0 Å². The lowest BCUT2D eigenvalue weighted by atomic mass is 10.1. The summed E-state index contributed by atoms with van der Waals surface area (Å²) in [5.74, 6) is 0. The van der Waals surface area contributed by atoms with Crippen LogP contribution >= 0.6 is 0 Å². The van der Waals surface area contributed by atoms with Gasteiger partial charge >= 0.3 is 0 Å². The molecule has 0 aromatic rings. The van der Waals surface area contributed by atoms with E-state index in [4.69, 9.17) is 5.73 Å². The highest BCUT2D eigenvalue weighted by molar-refractivity contribution is 4.81. The molecule has 0 saturated carbocycles. The quantitative estimate of drug-likeness (QED) is 0.0725. The van der Waals surface area contributed by atoms with Crippen LogP contribution in [0, 0.1) is 0 Å². The number of hydrogen-bond donors (Lipinski definition) is 5. The van der Waals surface area contributed by atoms with E-state index >= 15 is 0 Å². The first kappa shape index (κ1) is 34.5. The SMILES string of the molecule is CCCCCCCCC=CCCCCCCCCNCC(C)NCC(C)NCC(C)NCC(C)N. The van der Waals surface area contributed by atoms with Crippen molar-refractivity contribution < 1.29 is 0 Å². The second kappa shape index (κ2) is 26.6. The third-order valence-corrected chi connectivity index (χ3v) is 6.65. The van der Waals surface area contributed by atoms with E-state index in [1.165, 1.54) is 89.9 Å². The van der Waals surface area contributed by atoms with Gasteiger partial charge in [0.25, 0.3) is 0 Å². The minimum absolute atomic E-state index is 0.210. The van der Waals surface area contributed by atoms with Crippen LogP contribution in [0.2, 0.25) is 0 Å². The Morgan fingerprint density at radius 1 is 0.543 bits per heavy atom. The Labute approximate surface area is 220 Å². The largest absolute Gasteiger partial charge is 0.327 e. The van der Waals surface area contributed by atoms with Crippen LogP contribution in [-0.2, 0) is 0 Å². The average molecular weight is 496 g/mol. The molecule has 4 atom stereocenters. The number of hydrogen-bond acceptors (Lipinski definition) is 5. The van der Waals surface area contributed by atoms with Crippen LogP contribution in [-0.4, -0.2) is 56.9 Å². The highest BCUT2D eigenvalue weighted by Crippen LogP contribution is 2.09. The first-order valence-corrected chi connectivity index (χ1v) is 15.3. The Kier molecular flexibility index (Phi) is 26.2. The van der Waals surface area contributed by atoms with Gasteiger partial charge in [0, 0.05) is 50.3 Å². The van der Waals surface area contributed by atoms with Gasteiger partial charge in [0.15, 0.2) is 0 Å². The number of allylic oxidation sites excluding steroid dienone is 2. The van der Waals surface area contributed by atoms with Crippen LogP contribution in [0.25, 0.3) is 0 Å². The van der Waals surface area contributed by atoms with Gasteiger partial charge in [0.2, 0.25) is 0 Å². The number of nitrogens with two attached hydrogens (primary N) is 1. The number of nitrogens with one attached hydrogen (secondary N) is 4. The molecule has 0 aliphatic carbocycles. The van der Waals surface area contributed by atoms with Crippen molar-refractivity contribution in [2.24, 2.45) is 5.73 Å². The third-order valence-electron chi connectivity index (χ3n) is 6.65. The van der Waals surface area contributed by atoms with Crippen LogP contribution in [0.5, 0.6) is 0 Å². The maximum atomic E-state index is 5.80. The Hall–Kier alpha value is -0.460. The highest BCUT2D eigenvalue weighted by atomic mass is 15.0. The molecule has 0 fully saturated rings. The first-order valence-electron chi connectivity index (χ1n) is 15.3. The van der Waals surface area contributed by atoms with E-state index in [0.717, 1.165) is 32.7 Å². The summed E-state index contributed by atoms with van der Waals surface area (Å²) in [7, 11) is 0. The minimum Gasteiger partial charge on any atom is -0.327 e. The zero-order valence-corrected chi connectivity index (χ0v) is 24.5. The number of unbranched alkanes of at least 4 members (excludes halogenated alkanes) is 12. The molecule has 0 aliphatic rings. The fraction of sp³-hybridized carbons (Fsp3) is 0.933. The molecule has 0 rings (SSSR count). The maximum absolute atomic E-state index is 5.80. The summed E-state index contributed by atoms with van der Waals surface area (Å²) >= 11 is 0. The molecular weight excluding hydrogens is 430 g/mol. The fourth-order valence-electron chi connectivity index (χ4n) is 4.18. The van der Waals surface area contributed by atoms with Gasteiger partial charge in [-0.25, -0.2) is 0 Å². The number of rotatable bonds is 27. The Balaban J connectivity index is 3.36. The molecule has 0 aromatic carbocycles. The van der Waals surface area contributed by atoms with E-state index < -0.39 is 0 Å². The second-order valence-electron chi connectivity index (χ2n) is 11.0. The van der Waals surface area contributed by atoms with E-state index in [-0.39, 0.29) is 6.04 Å². The Morgan fingerprint density at radius 3 is 1.49 bits per heavy atom. The predicted molar refractivity (Wildman–Crippen MR) is 158 cm³/mol. The van der Waals surface area contributed by atoms with Crippen LogP contribution in [0.4, 0.5) is 0 Å². The lowest BCUT2D eigenvalue weighted by Gasteiger charge is -2.22. The molecule has 4 unspecified atom stereocenters. The Bertz CT molecular complexity index is 440. The molecular formula is C30H65N5. The van der Waals surface area contributed by atoms with Crippen molar-refractivity contribution in [3.63, 3.8) is 0 Å². The lowest BCUT2D eigenvalue weighted by molar-refractivity contribution is 0.414. The van der Waals surface area contributed by atoms with Gasteiger partial charge in [0.05, 0.1) is 0 Å². The molecule has 0 spiro atoms. The molecule has 0 bridgehead atoms. The average Bonchev–Trinajstić information content (AvgIpc) is 2.84. The van der Waals surface area contributed by atoms with Gasteiger partial charge in [0.1, 0.15) is 0 Å². The summed E-state index contributed by atoms with van der Waals surface area (Å²) in [5, 5.41) is 14.3. The first-order chi connectivity index (χ1) is 17.0. The molecule has 0 amide bonds. The monoisotopic (exact) mass is 496 g/mol. The molecule has 210 valence electrons. The molecule has 5 nitrogen and oxygen atoms in total. The highest BCUT2D eigenvalue weighted by Gasteiger charge is 2.07. The van der Waals surface area contributed by atoms with Gasteiger partial charge in [-0.1, -0.05) is 76.9 Å². The molecule has 0 aromatic heterocycles. The standard InChI is InChI=1S/C30H65N5/c1-6-7-8-9-10-11-12-13-14-15-16-17-18-19-20-21-22-32-24-28(3)34-26-30(5)35-25-29(4)33-23-27(2)31/h13-14,27-30,32-35H,6-12,15-26,31H2,1-5H3. The van der Waals surface area contributed by atoms with Gasteiger partial charge in [-0.15, -0.1) is 0 Å². The molecule has 35 heavy (non-hydrogen) atoms. The molecule has 6 N–H and O–H groups in total. The Morgan fingerprint density at radius 2 is 0.971 bits per heavy atom. The second-order valence-corrected chi connectivity index (χ2v) is 11.0. The van der Waals surface area contributed by atoms with Gasteiger partial charge in [-0.2, -0.15) is 0 Å². The van der Waals surface area contributed by atoms with E-state index in [0.29, 0.717) is 18.1 Å². The van der Waals surface area contributed by atoms with E-state index in [9.17, 15) is 0 Å². The smallest absolute Gasteiger partial charge is 0.0164 e. The maximum Gasteiger partial charge on any atom is 0.0164 e. The van der Waals surface area contributed by atoms with E-state index in [2.05, 4.69) is 61.1 Å². The summed E-state index contributed by atoms with van der Waals surface area (Å²) in [6, 6.07) is 1.62. The van der Waals surface area contributed by atoms with Crippen LogP contribution in [0.1, 0.15) is 125 Å². The van der Waals surface area contributed by atoms with Gasteiger partial charge in [-0.05, 0) is 66.3 Å². The van der Waals surface area contributed by atoms with Crippen molar-refractivity contribution in [1.82, 2.24) is 21.3 Å². The van der Waals surface area contributed by atoms with Crippen molar-refractivity contribution >= 4 is 0 Å². The molecule has 0 saturated heterocycles. The molecule has 5 heteroatoms. The van der Waals surface area contributed by atoms with Crippen molar-refractivity contribution in [1.29, 1.82) is 0 Å². The zero-order chi connectivity index (χ0) is 26.0. The summed E-state index contributed by atoms with van der Waals surface area (Å²) in [5.41, 5.74) is 5.80. The van der Waals surface area contributed by atoms with E-state index in [1.807, 2.05) is 6.92 Å². The zero-order valence-electron chi connectivity index (χ0n) is 24.5. The van der Waals surface area contributed by atoms with Crippen LogP contribution in [0.3, 0.4) is 0 Å². The predicted octanol–water partition coefficient (Wildman–Crippen LogP) is 5.90.